The van der Waals surface area contributed by atoms with E-state index in [4.69, 9.17) is 9.47 Å². The molecule has 4 nitrogen and oxygen atoms in total. The van der Waals surface area contributed by atoms with Crippen molar-refractivity contribution in [3.05, 3.63) is 29.6 Å². The van der Waals surface area contributed by atoms with Crippen LogP contribution in [0.2, 0.25) is 0 Å². The molecule has 0 amide bonds. The van der Waals surface area contributed by atoms with Crippen LogP contribution >= 0.6 is 0 Å². The third kappa shape index (κ3) is 4.61. The Balaban J connectivity index is 3.02. The van der Waals surface area contributed by atoms with Crippen LogP contribution in [-0.2, 0) is 9.47 Å². The molecular formula is C14H20FNO3. The Labute approximate surface area is 113 Å². The number of Topliss-reactive ketones (excluding diaryl/α,β-unsaturated/α-hetero) is 1. The minimum Gasteiger partial charge on any atom is -0.383 e. The van der Waals surface area contributed by atoms with Crippen LogP contribution < -0.4 is 4.90 Å². The molecule has 0 spiro atoms. The van der Waals surface area contributed by atoms with E-state index >= 15 is 0 Å². The van der Waals surface area contributed by atoms with Gasteiger partial charge in [-0.2, -0.15) is 0 Å². The highest BCUT2D eigenvalue weighted by atomic mass is 19.1. The van der Waals surface area contributed by atoms with Gasteiger partial charge < -0.3 is 14.4 Å². The number of nitrogens with zero attached hydrogens (tertiary/aromatic N) is 1. The Morgan fingerprint density at radius 1 is 1.21 bits per heavy atom. The molecule has 1 aromatic carbocycles. The summed E-state index contributed by atoms with van der Waals surface area (Å²) in [6, 6.07) is 4.25. The molecule has 19 heavy (non-hydrogen) atoms. The number of ether oxygens (including phenoxy) is 2. The van der Waals surface area contributed by atoms with Crippen LogP contribution in [0.1, 0.15) is 17.3 Å². The number of anilines is 1. The fraction of sp³-hybridized carbons (Fsp3) is 0.500. The van der Waals surface area contributed by atoms with Crippen LogP contribution in [0.5, 0.6) is 0 Å². The van der Waals surface area contributed by atoms with Gasteiger partial charge in [0.1, 0.15) is 5.82 Å². The van der Waals surface area contributed by atoms with Crippen molar-refractivity contribution >= 4 is 11.5 Å². The summed E-state index contributed by atoms with van der Waals surface area (Å²) in [5, 5.41) is 0. The average Bonchev–Trinajstić information content (AvgIpc) is 2.39. The zero-order chi connectivity index (χ0) is 14.3. The molecule has 0 unspecified atom stereocenters. The van der Waals surface area contributed by atoms with Crippen molar-refractivity contribution < 1.29 is 18.7 Å². The van der Waals surface area contributed by atoms with Gasteiger partial charge in [0.2, 0.25) is 0 Å². The van der Waals surface area contributed by atoms with Gasteiger partial charge in [-0.1, -0.05) is 0 Å². The van der Waals surface area contributed by atoms with E-state index in [1.807, 2.05) is 4.90 Å². The maximum absolute atomic E-state index is 13.3. The summed E-state index contributed by atoms with van der Waals surface area (Å²) in [4.78, 5) is 13.6. The van der Waals surface area contributed by atoms with E-state index in [-0.39, 0.29) is 5.78 Å². The summed E-state index contributed by atoms with van der Waals surface area (Å²) >= 11 is 0. The van der Waals surface area contributed by atoms with Crippen LogP contribution in [-0.4, -0.2) is 46.3 Å². The second-order valence-corrected chi connectivity index (χ2v) is 4.19. The Morgan fingerprint density at radius 2 is 1.79 bits per heavy atom. The van der Waals surface area contributed by atoms with Crippen molar-refractivity contribution in [1.29, 1.82) is 0 Å². The Hall–Kier alpha value is -1.46. The van der Waals surface area contributed by atoms with Gasteiger partial charge in [-0.3, -0.25) is 4.79 Å². The zero-order valence-corrected chi connectivity index (χ0v) is 11.6. The molecule has 1 rings (SSSR count). The molecule has 0 heterocycles. The standard InChI is InChI=1S/C14H20FNO3/c1-11(17)13-10-12(15)4-5-14(13)16(6-8-18-2)7-9-19-3/h4-5,10H,6-9H2,1-3H3. The van der Waals surface area contributed by atoms with E-state index in [2.05, 4.69) is 0 Å². The molecule has 1 aromatic rings. The van der Waals surface area contributed by atoms with Gasteiger partial charge in [0.05, 0.1) is 13.2 Å². The molecule has 5 heteroatoms. The van der Waals surface area contributed by atoms with Gasteiger partial charge in [0.15, 0.2) is 5.78 Å². The third-order valence-electron chi connectivity index (χ3n) is 2.81. The van der Waals surface area contributed by atoms with Crippen molar-refractivity contribution in [3.8, 4) is 0 Å². The summed E-state index contributed by atoms with van der Waals surface area (Å²) in [7, 11) is 3.23. The number of ketones is 1. The van der Waals surface area contributed by atoms with E-state index in [1.54, 1.807) is 20.3 Å². The zero-order valence-electron chi connectivity index (χ0n) is 11.6. The maximum Gasteiger partial charge on any atom is 0.161 e. The van der Waals surface area contributed by atoms with Crippen molar-refractivity contribution in [1.82, 2.24) is 0 Å². The number of carbonyl (C=O) groups is 1. The first kappa shape index (κ1) is 15.6. The van der Waals surface area contributed by atoms with E-state index in [1.165, 1.54) is 19.1 Å². The number of hydrogen-bond donors (Lipinski definition) is 0. The molecule has 0 saturated heterocycles. The molecule has 0 aromatic heterocycles. The molecule has 0 aliphatic carbocycles. The van der Waals surface area contributed by atoms with Crippen LogP contribution in [0, 0.1) is 5.82 Å². The van der Waals surface area contributed by atoms with Gasteiger partial charge in [0, 0.05) is 38.6 Å². The number of hydrogen-bond acceptors (Lipinski definition) is 4. The second kappa shape index (κ2) is 7.86. The number of methoxy groups -OCH3 is 2. The summed E-state index contributed by atoms with van der Waals surface area (Å²) in [6.45, 7) is 3.72. The number of benzene rings is 1. The first-order valence-electron chi connectivity index (χ1n) is 6.13. The Morgan fingerprint density at radius 3 is 2.26 bits per heavy atom. The molecule has 106 valence electrons. The van der Waals surface area contributed by atoms with Crippen LogP contribution in [0.15, 0.2) is 18.2 Å². The summed E-state index contributed by atoms with van der Waals surface area (Å²) in [5.41, 5.74) is 1.09. The largest absolute Gasteiger partial charge is 0.383 e. The Bertz CT molecular complexity index is 415. The number of carbonyl (C=O) groups excluding carboxylic acids is 1. The number of rotatable bonds is 8. The van der Waals surface area contributed by atoms with Gasteiger partial charge in [-0.05, 0) is 25.1 Å². The van der Waals surface area contributed by atoms with Gasteiger partial charge >= 0.3 is 0 Å². The van der Waals surface area contributed by atoms with Crippen molar-refractivity contribution in [3.63, 3.8) is 0 Å². The van der Waals surface area contributed by atoms with Gasteiger partial charge in [-0.15, -0.1) is 0 Å². The molecule has 0 aliphatic rings. The fourth-order valence-electron chi connectivity index (χ4n) is 1.82. The molecular weight excluding hydrogens is 249 g/mol. The summed E-state index contributed by atoms with van der Waals surface area (Å²) < 4.78 is 23.4. The topological polar surface area (TPSA) is 38.8 Å². The van der Waals surface area contributed by atoms with Crippen molar-refractivity contribution in [2.45, 2.75) is 6.92 Å². The van der Waals surface area contributed by atoms with Crippen LogP contribution in [0.4, 0.5) is 10.1 Å². The smallest absolute Gasteiger partial charge is 0.161 e. The maximum atomic E-state index is 13.3. The van der Waals surface area contributed by atoms with Crippen molar-refractivity contribution in [2.24, 2.45) is 0 Å². The SMILES string of the molecule is COCCN(CCOC)c1ccc(F)cc1C(C)=O. The third-order valence-corrected chi connectivity index (χ3v) is 2.81. The summed E-state index contributed by atoms with van der Waals surface area (Å²) in [6.07, 6.45) is 0. The highest BCUT2D eigenvalue weighted by molar-refractivity contribution is 5.99. The van der Waals surface area contributed by atoms with Crippen LogP contribution in [0.3, 0.4) is 0 Å². The lowest BCUT2D eigenvalue weighted by molar-refractivity contribution is 0.101. The predicted octanol–water partition coefficient (Wildman–Crippen LogP) is 2.13. The first-order chi connectivity index (χ1) is 9.10. The monoisotopic (exact) mass is 269 g/mol. The van der Waals surface area contributed by atoms with Crippen molar-refractivity contribution in [2.75, 3.05) is 45.4 Å². The van der Waals surface area contributed by atoms with E-state index in [0.717, 1.165) is 0 Å². The van der Waals surface area contributed by atoms with Crippen LogP contribution in [0.25, 0.3) is 0 Å². The molecule has 0 saturated carbocycles. The average molecular weight is 269 g/mol. The second-order valence-electron chi connectivity index (χ2n) is 4.19. The van der Waals surface area contributed by atoms with E-state index in [0.29, 0.717) is 37.6 Å². The van der Waals surface area contributed by atoms with E-state index in [9.17, 15) is 9.18 Å². The van der Waals surface area contributed by atoms with Gasteiger partial charge in [-0.25, -0.2) is 4.39 Å². The highest BCUT2D eigenvalue weighted by Crippen LogP contribution is 2.22. The predicted molar refractivity (Wildman–Crippen MR) is 72.4 cm³/mol. The highest BCUT2D eigenvalue weighted by Gasteiger charge is 2.14. The Kier molecular flexibility index (Phi) is 6.45. The summed E-state index contributed by atoms with van der Waals surface area (Å²) in [5.74, 6) is -0.568. The minimum atomic E-state index is -0.410. The minimum absolute atomic E-state index is 0.158. The normalized spacial score (nSPS) is 10.5. The lowest BCUT2D eigenvalue weighted by Gasteiger charge is -2.26. The molecule has 0 radical (unpaired) electrons. The van der Waals surface area contributed by atoms with E-state index < -0.39 is 5.82 Å². The molecule has 0 fully saturated rings. The molecule has 0 aliphatic heterocycles. The molecule has 0 atom stereocenters. The lowest BCUT2D eigenvalue weighted by atomic mass is 10.1. The molecule has 0 bridgehead atoms. The first-order valence-corrected chi connectivity index (χ1v) is 6.13. The quantitative estimate of drug-likeness (QED) is 0.678. The number of halogens is 1. The fourth-order valence-corrected chi connectivity index (χ4v) is 1.82. The lowest BCUT2D eigenvalue weighted by Crippen LogP contribution is -2.31. The molecule has 0 N–H and O–H groups in total. The van der Waals surface area contributed by atoms with Gasteiger partial charge in [0.25, 0.3) is 0 Å².